The maximum atomic E-state index is 11.8. The number of halogens is 1. The van der Waals surface area contributed by atoms with E-state index in [4.69, 9.17) is 16.3 Å². The number of carbonyl (C=O) groups is 1. The van der Waals surface area contributed by atoms with Crippen molar-refractivity contribution in [3.63, 3.8) is 0 Å². The molecule has 1 amide bonds. The zero-order valence-electron chi connectivity index (χ0n) is 11.9. The molecule has 2 aromatic carbocycles. The molecule has 0 aliphatic heterocycles. The maximum absolute atomic E-state index is 11.8. The van der Waals surface area contributed by atoms with Crippen LogP contribution in [0.25, 0.3) is 0 Å². The molecular formula is C17H18ClNO2. The number of ether oxygens (including phenoxy) is 1. The van der Waals surface area contributed by atoms with Gasteiger partial charge in [0.15, 0.2) is 6.61 Å². The Balaban J connectivity index is 1.75. The van der Waals surface area contributed by atoms with Gasteiger partial charge in [-0.3, -0.25) is 4.79 Å². The lowest BCUT2D eigenvalue weighted by molar-refractivity contribution is -0.123. The average Bonchev–Trinajstić information content (AvgIpc) is 2.51. The monoisotopic (exact) mass is 303 g/mol. The molecule has 1 atom stereocenters. The molecule has 0 spiro atoms. The third-order valence-corrected chi connectivity index (χ3v) is 3.38. The van der Waals surface area contributed by atoms with Crippen LogP contribution in [0.15, 0.2) is 54.6 Å². The van der Waals surface area contributed by atoms with E-state index in [9.17, 15) is 4.79 Å². The number of benzene rings is 2. The molecule has 2 aromatic rings. The Labute approximate surface area is 129 Å². The molecule has 21 heavy (non-hydrogen) atoms. The summed E-state index contributed by atoms with van der Waals surface area (Å²) in [5.41, 5.74) is 1.20. The molecule has 0 unspecified atom stereocenters. The highest BCUT2D eigenvalue weighted by Gasteiger charge is 2.08. The quantitative estimate of drug-likeness (QED) is 0.885. The first-order chi connectivity index (χ1) is 10.1. The van der Waals surface area contributed by atoms with E-state index in [0.29, 0.717) is 17.3 Å². The summed E-state index contributed by atoms with van der Waals surface area (Å²) in [6.07, 6.45) is 0. The fourth-order valence-corrected chi connectivity index (χ4v) is 2.10. The summed E-state index contributed by atoms with van der Waals surface area (Å²) in [4.78, 5) is 11.8. The molecule has 0 aromatic heterocycles. The Morgan fingerprint density at radius 1 is 1.19 bits per heavy atom. The summed E-state index contributed by atoms with van der Waals surface area (Å²) in [6, 6.07) is 17.1. The third-order valence-electron chi connectivity index (χ3n) is 3.14. The normalized spacial score (nSPS) is 11.7. The molecule has 0 aliphatic rings. The van der Waals surface area contributed by atoms with Gasteiger partial charge in [-0.05, 0) is 29.7 Å². The van der Waals surface area contributed by atoms with Gasteiger partial charge in [0.05, 0.1) is 0 Å². The molecule has 110 valence electrons. The van der Waals surface area contributed by atoms with Crippen molar-refractivity contribution in [1.82, 2.24) is 5.32 Å². The van der Waals surface area contributed by atoms with Gasteiger partial charge in [-0.2, -0.15) is 0 Å². The Bertz CT molecular complexity index is 586. The van der Waals surface area contributed by atoms with Crippen LogP contribution in [0.2, 0.25) is 5.02 Å². The number of nitrogens with one attached hydrogen (secondary N) is 1. The van der Waals surface area contributed by atoms with E-state index >= 15 is 0 Å². The first kappa shape index (κ1) is 15.4. The van der Waals surface area contributed by atoms with Gasteiger partial charge in [0.2, 0.25) is 0 Å². The predicted octanol–water partition coefficient (Wildman–Crippen LogP) is 3.64. The van der Waals surface area contributed by atoms with Crippen molar-refractivity contribution in [3.05, 3.63) is 65.2 Å². The summed E-state index contributed by atoms with van der Waals surface area (Å²) in [5.74, 6) is 0.716. The van der Waals surface area contributed by atoms with E-state index in [1.807, 2.05) is 18.2 Å². The minimum atomic E-state index is -0.141. The topological polar surface area (TPSA) is 38.3 Å². The zero-order valence-corrected chi connectivity index (χ0v) is 12.6. The maximum Gasteiger partial charge on any atom is 0.257 e. The number of rotatable bonds is 6. The first-order valence-corrected chi connectivity index (χ1v) is 7.23. The molecule has 0 saturated heterocycles. The van der Waals surface area contributed by atoms with Crippen molar-refractivity contribution in [3.8, 4) is 5.75 Å². The molecule has 0 aliphatic carbocycles. The van der Waals surface area contributed by atoms with Crippen LogP contribution in [-0.4, -0.2) is 19.1 Å². The van der Waals surface area contributed by atoms with E-state index in [-0.39, 0.29) is 18.4 Å². The molecule has 3 nitrogen and oxygen atoms in total. The highest BCUT2D eigenvalue weighted by Crippen LogP contribution is 2.17. The van der Waals surface area contributed by atoms with Crippen molar-refractivity contribution in [2.24, 2.45) is 0 Å². The molecule has 2 rings (SSSR count). The van der Waals surface area contributed by atoms with Gasteiger partial charge >= 0.3 is 0 Å². The van der Waals surface area contributed by atoms with Crippen LogP contribution in [0.5, 0.6) is 5.75 Å². The highest BCUT2D eigenvalue weighted by atomic mass is 35.5. The van der Waals surface area contributed by atoms with Crippen LogP contribution in [-0.2, 0) is 4.79 Å². The van der Waals surface area contributed by atoms with Crippen molar-refractivity contribution in [2.75, 3.05) is 13.2 Å². The van der Waals surface area contributed by atoms with Crippen molar-refractivity contribution in [2.45, 2.75) is 12.8 Å². The lowest BCUT2D eigenvalue weighted by Crippen LogP contribution is -2.31. The van der Waals surface area contributed by atoms with Crippen LogP contribution in [0, 0.1) is 0 Å². The minimum absolute atomic E-state index is 0.0121. The molecule has 0 bridgehead atoms. The van der Waals surface area contributed by atoms with E-state index in [1.165, 1.54) is 5.56 Å². The molecule has 0 saturated carbocycles. The smallest absolute Gasteiger partial charge is 0.257 e. The molecule has 1 N–H and O–H groups in total. The lowest BCUT2D eigenvalue weighted by atomic mass is 10.0. The number of hydrogen-bond acceptors (Lipinski definition) is 2. The second kappa shape index (κ2) is 7.70. The summed E-state index contributed by atoms with van der Waals surface area (Å²) >= 11 is 5.85. The van der Waals surface area contributed by atoms with Gasteiger partial charge in [0, 0.05) is 11.6 Å². The summed E-state index contributed by atoms with van der Waals surface area (Å²) in [6.45, 7) is 2.65. The van der Waals surface area contributed by atoms with E-state index in [1.54, 1.807) is 24.3 Å². The van der Waals surface area contributed by atoms with Crippen LogP contribution in [0.3, 0.4) is 0 Å². The molecule has 0 radical (unpaired) electrons. The fraction of sp³-hybridized carbons (Fsp3) is 0.235. The SMILES string of the molecule is C[C@H](CNC(=O)COc1cccc(Cl)c1)c1ccccc1. The second-order valence-electron chi connectivity index (χ2n) is 4.86. The Kier molecular flexibility index (Phi) is 5.64. The molecule has 0 heterocycles. The van der Waals surface area contributed by atoms with E-state index in [0.717, 1.165) is 0 Å². The largest absolute Gasteiger partial charge is 0.484 e. The first-order valence-electron chi connectivity index (χ1n) is 6.85. The van der Waals surface area contributed by atoms with Crippen LogP contribution in [0.1, 0.15) is 18.4 Å². The second-order valence-corrected chi connectivity index (χ2v) is 5.30. The molecule has 0 fully saturated rings. The predicted molar refractivity (Wildman–Crippen MR) is 84.8 cm³/mol. The molecule has 4 heteroatoms. The van der Waals surface area contributed by atoms with E-state index < -0.39 is 0 Å². The van der Waals surface area contributed by atoms with Crippen LogP contribution >= 0.6 is 11.6 Å². The Hall–Kier alpha value is -2.00. The number of hydrogen-bond donors (Lipinski definition) is 1. The van der Waals surface area contributed by atoms with Gasteiger partial charge in [0.1, 0.15) is 5.75 Å². The standard InChI is InChI=1S/C17H18ClNO2/c1-13(14-6-3-2-4-7-14)11-19-17(20)12-21-16-9-5-8-15(18)10-16/h2-10,13H,11-12H2,1H3,(H,19,20)/t13-/m1/s1. The van der Waals surface area contributed by atoms with E-state index in [2.05, 4.69) is 24.4 Å². The summed E-state index contributed by atoms with van der Waals surface area (Å²) < 4.78 is 5.39. The number of carbonyl (C=O) groups excluding carboxylic acids is 1. The lowest BCUT2D eigenvalue weighted by Gasteiger charge is -2.13. The Morgan fingerprint density at radius 3 is 2.67 bits per heavy atom. The molecular weight excluding hydrogens is 286 g/mol. The summed E-state index contributed by atoms with van der Waals surface area (Å²) in [7, 11) is 0. The van der Waals surface area contributed by atoms with Crippen LogP contribution in [0.4, 0.5) is 0 Å². The third kappa shape index (κ3) is 5.12. The minimum Gasteiger partial charge on any atom is -0.484 e. The van der Waals surface area contributed by atoms with Crippen molar-refractivity contribution in [1.29, 1.82) is 0 Å². The van der Waals surface area contributed by atoms with Gasteiger partial charge in [-0.1, -0.05) is 54.9 Å². The van der Waals surface area contributed by atoms with Crippen molar-refractivity contribution < 1.29 is 9.53 Å². The van der Waals surface area contributed by atoms with Gasteiger partial charge in [0.25, 0.3) is 5.91 Å². The van der Waals surface area contributed by atoms with Gasteiger partial charge in [-0.15, -0.1) is 0 Å². The zero-order chi connectivity index (χ0) is 15.1. The Morgan fingerprint density at radius 2 is 1.95 bits per heavy atom. The number of amides is 1. The fourth-order valence-electron chi connectivity index (χ4n) is 1.92. The van der Waals surface area contributed by atoms with Gasteiger partial charge < -0.3 is 10.1 Å². The van der Waals surface area contributed by atoms with Crippen LogP contribution < -0.4 is 10.1 Å². The average molecular weight is 304 g/mol. The van der Waals surface area contributed by atoms with Gasteiger partial charge in [-0.25, -0.2) is 0 Å². The van der Waals surface area contributed by atoms with Crippen molar-refractivity contribution >= 4 is 17.5 Å². The summed E-state index contributed by atoms with van der Waals surface area (Å²) in [5, 5.41) is 3.46. The highest BCUT2D eigenvalue weighted by molar-refractivity contribution is 6.30.